The van der Waals surface area contributed by atoms with E-state index in [1.54, 1.807) is 49.4 Å². The molecule has 0 bridgehead atoms. The quantitative estimate of drug-likeness (QED) is 0.655. The summed E-state index contributed by atoms with van der Waals surface area (Å²) in [6.07, 6.45) is 0. The molecule has 2 aromatic carbocycles. The zero-order valence-electron chi connectivity index (χ0n) is 10.6. The summed E-state index contributed by atoms with van der Waals surface area (Å²) >= 11 is 0. The Bertz CT molecular complexity index is 608. The number of carbonyl (C=O) groups excluding carboxylic acids is 1. The number of rotatable bonds is 3. The molecule has 0 radical (unpaired) electrons. The normalized spacial score (nSPS) is 10.2. The van der Waals surface area contributed by atoms with Crippen molar-refractivity contribution in [1.82, 2.24) is 0 Å². The smallest absolute Gasteiger partial charge is 0.340 e. The van der Waals surface area contributed by atoms with Crippen LogP contribution in [0.4, 0.5) is 5.69 Å². The largest absolute Gasteiger partial charge is 0.507 e. The molecular weight excluding hydrogens is 242 g/mol. The van der Waals surface area contributed by atoms with Gasteiger partial charge in [-0.15, -0.1) is 0 Å². The third-order valence-corrected chi connectivity index (χ3v) is 2.80. The number of benzene rings is 2. The third-order valence-electron chi connectivity index (χ3n) is 2.80. The van der Waals surface area contributed by atoms with Gasteiger partial charge < -0.3 is 15.6 Å². The molecule has 0 aromatic heterocycles. The molecule has 0 unspecified atom stereocenters. The molecule has 0 saturated carbocycles. The molecule has 3 N–H and O–H groups in total. The van der Waals surface area contributed by atoms with Crippen LogP contribution in [0, 0.1) is 0 Å². The van der Waals surface area contributed by atoms with Gasteiger partial charge in [0.1, 0.15) is 5.75 Å². The van der Waals surface area contributed by atoms with Gasteiger partial charge in [0.05, 0.1) is 17.9 Å². The highest BCUT2D eigenvalue weighted by Gasteiger charge is 2.15. The lowest BCUT2D eigenvalue weighted by Gasteiger charge is -2.11. The van der Waals surface area contributed by atoms with Crippen LogP contribution in [0.3, 0.4) is 0 Å². The van der Waals surface area contributed by atoms with Crippen LogP contribution in [-0.2, 0) is 4.74 Å². The Balaban J connectivity index is 2.52. The van der Waals surface area contributed by atoms with Crippen LogP contribution >= 0.6 is 0 Å². The van der Waals surface area contributed by atoms with Gasteiger partial charge in [0.2, 0.25) is 0 Å². The molecule has 2 rings (SSSR count). The van der Waals surface area contributed by atoms with Gasteiger partial charge in [-0.05, 0) is 19.1 Å². The van der Waals surface area contributed by atoms with Crippen LogP contribution < -0.4 is 5.73 Å². The molecule has 0 heterocycles. The first-order valence-electron chi connectivity index (χ1n) is 5.99. The van der Waals surface area contributed by atoms with E-state index in [9.17, 15) is 9.90 Å². The molecule has 4 nitrogen and oxygen atoms in total. The minimum absolute atomic E-state index is 0.121. The number of phenolic OH excluding ortho intramolecular Hbond substituents is 1. The molecular formula is C15H15NO3. The Morgan fingerprint density at radius 2 is 1.84 bits per heavy atom. The van der Waals surface area contributed by atoms with Gasteiger partial charge in [0, 0.05) is 11.1 Å². The van der Waals surface area contributed by atoms with E-state index in [-0.39, 0.29) is 5.75 Å². The van der Waals surface area contributed by atoms with Gasteiger partial charge in [-0.2, -0.15) is 0 Å². The van der Waals surface area contributed by atoms with Gasteiger partial charge in [0.25, 0.3) is 0 Å². The Morgan fingerprint density at radius 1 is 1.16 bits per heavy atom. The van der Waals surface area contributed by atoms with Crippen LogP contribution in [0.1, 0.15) is 17.3 Å². The molecule has 0 aliphatic rings. The van der Waals surface area contributed by atoms with E-state index in [2.05, 4.69) is 0 Å². The van der Waals surface area contributed by atoms with Gasteiger partial charge in [-0.1, -0.05) is 30.3 Å². The Hall–Kier alpha value is -2.49. The maximum atomic E-state index is 11.8. The summed E-state index contributed by atoms with van der Waals surface area (Å²) in [5.41, 5.74) is 7.82. The Labute approximate surface area is 111 Å². The van der Waals surface area contributed by atoms with Crippen molar-refractivity contribution in [2.75, 3.05) is 12.3 Å². The lowest BCUT2D eigenvalue weighted by molar-refractivity contribution is 0.0527. The van der Waals surface area contributed by atoms with E-state index >= 15 is 0 Å². The number of phenols is 1. The van der Waals surface area contributed by atoms with Crippen molar-refractivity contribution >= 4 is 11.7 Å². The zero-order valence-corrected chi connectivity index (χ0v) is 10.6. The fourth-order valence-corrected chi connectivity index (χ4v) is 1.89. The summed E-state index contributed by atoms with van der Waals surface area (Å²) in [6.45, 7) is 2.03. The molecule has 0 aliphatic heterocycles. The van der Waals surface area contributed by atoms with Gasteiger partial charge in [-0.3, -0.25) is 0 Å². The van der Waals surface area contributed by atoms with E-state index in [4.69, 9.17) is 10.5 Å². The number of hydrogen-bond acceptors (Lipinski definition) is 4. The SMILES string of the molecule is CCOC(=O)c1cccc(-c2ccccc2O)c1N. The zero-order chi connectivity index (χ0) is 13.8. The average molecular weight is 257 g/mol. The highest BCUT2D eigenvalue weighted by atomic mass is 16.5. The Kier molecular flexibility index (Phi) is 3.71. The van der Waals surface area contributed by atoms with Crippen LogP contribution in [0.25, 0.3) is 11.1 Å². The average Bonchev–Trinajstić information content (AvgIpc) is 2.40. The lowest BCUT2D eigenvalue weighted by atomic mass is 9.99. The highest BCUT2D eigenvalue weighted by molar-refractivity contribution is 5.99. The summed E-state index contributed by atoms with van der Waals surface area (Å²) in [6, 6.07) is 11.9. The number of hydrogen-bond donors (Lipinski definition) is 2. The second-order valence-electron chi connectivity index (χ2n) is 4.00. The van der Waals surface area contributed by atoms with E-state index in [0.29, 0.717) is 29.0 Å². The minimum atomic E-state index is -0.461. The van der Waals surface area contributed by atoms with Crippen molar-refractivity contribution in [3.8, 4) is 16.9 Å². The number of para-hydroxylation sites is 2. The van der Waals surface area contributed by atoms with Crippen LogP contribution in [0.15, 0.2) is 42.5 Å². The fraction of sp³-hybridized carbons (Fsp3) is 0.133. The van der Waals surface area contributed by atoms with Crippen molar-refractivity contribution < 1.29 is 14.6 Å². The maximum absolute atomic E-state index is 11.8. The molecule has 0 spiro atoms. The van der Waals surface area contributed by atoms with Gasteiger partial charge in [0.15, 0.2) is 0 Å². The van der Waals surface area contributed by atoms with Crippen LogP contribution in [-0.4, -0.2) is 17.7 Å². The Morgan fingerprint density at radius 3 is 2.53 bits per heavy atom. The first kappa shape index (κ1) is 13.0. The van der Waals surface area contributed by atoms with E-state index in [0.717, 1.165) is 0 Å². The predicted molar refractivity (Wildman–Crippen MR) is 73.9 cm³/mol. The van der Waals surface area contributed by atoms with Crippen molar-refractivity contribution in [2.24, 2.45) is 0 Å². The molecule has 19 heavy (non-hydrogen) atoms. The third kappa shape index (κ3) is 2.52. The second-order valence-corrected chi connectivity index (χ2v) is 4.00. The molecule has 0 fully saturated rings. The number of nitrogens with two attached hydrogens (primary N) is 1. The topological polar surface area (TPSA) is 72.5 Å². The predicted octanol–water partition coefficient (Wildman–Crippen LogP) is 2.82. The van der Waals surface area contributed by atoms with Crippen LogP contribution in [0.5, 0.6) is 5.75 Å². The van der Waals surface area contributed by atoms with Crippen molar-refractivity contribution in [3.05, 3.63) is 48.0 Å². The summed E-state index contributed by atoms with van der Waals surface area (Å²) in [5, 5.41) is 9.85. The highest BCUT2D eigenvalue weighted by Crippen LogP contribution is 2.34. The molecule has 0 aliphatic carbocycles. The second kappa shape index (κ2) is 5.44. The molecule has 2 aromatic rings. The summed E-state index contributed by atoms with van der Waals surface area (Å²) in [7, 11) is 0. The van der Waals surface area contributed by atoms with Gasteiger partial charge in [-0.25, -0.2) is 4.79 Å². The summed E-state index contributed by atoms with van der Waals surface area (Å²) in [4.78, 5) is 11.8. The molecule has 0 atom stereocenters. The molecule has 0 amide bonds. The fourth-order valence-electron chi connectivity index (χ4n) is 1.89. The first-order chi connectivity index (χ1) is 9.15. The molecule has 98 valence electrons. The van der Waals surface area contributed by atoms with Gasteiger partial charge >= 0.3 is 5.97 Å². The van der Waals surface area contributed by atoms with Crippen molar-refractivity contribution in [3.63, 3.8) is 0 Å². The van der Waals surface area contributed by atoms with Crippen molar-refractivity contribution in [1.29, 1.82) is 0 Å². The van der Waals surface area contributed by atoms with E-state index in [1.807, 2.05) is 0 Å². The number of nitrogen functional groups attached to an aromatic ring is 1. The molecule has 4 heteroatoms. The van der Waals surface area contributed by atoms with Crippen LogP contribution in [0.2, 0.25) is 0 Å². The number of anilines is 1. The van der Waals surface area contributed by atoms with E-state index < -0.39 is 5.97 Å². The number of carbonyl (C=O) groups is 1. The molecule has 0 saturated heterocycles. The summed E-state index contributed by atoms with van der Waals surface area (Å²) < 4.78 is 4.95. The number of ether oxygens (including phenoxy) is 1. The van der Waals surface area contributed by atoms with Crippen molar-refractivity contribution in [2.45, 2.75) is 6.92 Å². The number of esters is 1. The number of aromatic hydroxyl groups is 1. The summed E-state index contributed by atoms with van der Waals surface area (Å²) in [5.74, 6) is -0.340. The standard InChI is InChI=1S/C15H15NO3/c1-2-19-15(18)12-8-5-7-11(14(12)16)10-6-3-4-9-13(10)17/h3-9,17H,2,16H2,1H3. The minimum Gasteiger partial charge on any atom is -0.507 e. The van der Waals surface area contributed by atoms with E-state index in [1.165, 1.54) is 0 Å². The monoisotopic (exact) mass is 257 g/mol. The lowest BCUT2D eigenvalue weighted by Crippen LogP contribution is -2.08. The first-order valence-corrected chi connectivity index (χ1v) is 5.99. The maximum Gasteiger partial charge on any atom is 0.340 e.